The monoisotopic (exact) mass is 241 g/mol. The first-order valence-corrected chi connectivity index (χ1v) is 6.45. The van der Waals surface area contributed by atoms with E-state index in [-0.39, 0.29) is 17.7 Å². The molecule has 4 nitrogen and oxygen atoms in total. The summed E-state index contributed by atoms with van der Waals surface area (Å²) < 4.78 is 11.1. The molecule has 2 atom stereocenters. The zero-order valence-corrected chi connectivity index (χ0v) is 11.3. The Balaban J connectivity index is 1.92. The van der Waals surface area contributed by atoms with Crippen molar-refractivity contribution in [2.75, 3.05) is 13.2 Å². The van der Waals surface area contributed by atoms with Crippen LogP contribution >= 0.6 is 0 Å². The number of hydrogen-bond donors (Lipinski definition) is 0. The molecule has 0 aromatic rings. The molecule has 1 spiro atoms. The maximum atomic E-state index is 12.0. The number of carbonyl (C=O) groups is 1. The summed E-state index contributed by atoms with van der Waals surface area (Å²) in [5.41, 5.74) is -0.350. The second-order valence-corrected chi connectivity index (χ2v) is 6.26. The van der Waals surface area contributed by atoms with Gasteiger partial charge in [-0.3, -0.25) is 0 Å². The zero-order valence-electron chi connectivity index (χ0n) is 11.3. The zero-order chi connectivity index (χ0) is 12.7. The normalized spacial score (nSPS) is 33.4. The van der Waals surface area contributed by atoms with Crippen LogP contribution in [0, 0.1) is 0 Å². The number of amides is 1. The quantitative estimate of drug-likeness (QED) is 0.654. The molecule has 0 aromatic heterocycles. The third-order valence-electron chi connectivity index (χ3n) is 3.60. The molecule has 0 saturated carbocycles. The van der Waals surface area contributed by atoms with Crippen LogP contribution in [0.5, 0.6) is 0 Å². The van der Waals surface area contributed by atoms with Crippen molar-refractivity contribution in [3.63, 3.8) is 0 Å². The van der Waals surface area contributed by atoms with Crippen molar-refractivity contribution in [1.82, 2.24) is 4.90 Å². The molecule has 0 N–H and O–H groups in total. The Morgan fingerprint density at radius 3 is 2.47 bits per heavy atom. The van der Waals surface area contributed by atoms with E-state index < -0.39 is 5.60 Å². The van der Waals surface area contributed by atoms with E-state index in [1.807, 2.05) is 25.7 Å². The van der Waals surface area contributed by atoms with Gasteiger partial charge in [0.1, 0.15) is 5.60 Å². The van der Waals surface area contributed by atoms with Crippen LogP contribution in [0.25, 0.3) is 0 Å². The number of piperidine rings is 1. The van der Waals surface area contributed by atoms with Gasteiger partial charge in [-0.25, -0.2) is 4.79 Å². The summed E-state index contributed by atoms with van der Waals surface area (Å²) in [6.07, 6.45) is 2.82. The largest absolute Gasteiger partial charge is 0.444 e. The molecule has 0 bridgehead atoms. The highest BCUT2D eigenvalue weighted by Gasteiger charge is 2.45. The number of likely N-dealkylation sites (tertiary alicyclic amines) is 1. The summed E-state index contributed by atoms with van der Waals surface area (Å²) in [6.45, 7) is 9.39. The average molecular weight is 241 g/mol. The molecule has 0 unspecified atom stereocenters. The summed E-state index contributed by atoms with van der Waals surface area (Å²) in [5.74, 6) is 0. The van der Waals surface area contributed by atoms with Crippen molar-refractivity contribution in [3.8, 4) is 0 Å². The van der Waals surface area contributed by atoms with E-state index in [4.69, 9.17) is 9.47 Å². The first-order valence-electron chi connectivity index (χ1n) is 6.45. The fraction of sp³-hybridized carbons (Fsp3) is 0.923. The molecule has 17 heavy (non-hydrogen) atoms. The van der Waals surface area contributed by atoms with Gasteiger partial charge < -0.3 is 14.4 Å². The molecule has 1 amide bonds. The minimum atomic E-state index is -0.418. The lowest BCUT2D eigenvalue weighted by Crippen LogP contribution is -2.57. The Labute approximate surface area is 103 Å². The molecule has 2 aliphatic heterocycles. The smallest absolute Gasteiger partial charge is 0.410 e. The van der Waals surface area contributed by atoms with Crippen LogP contribution in [0.2, 0.25) is 0 Å². The molecular formula is C13H23NO3. The fourth-order valence-corrected chi connectivity index (χ4v) is 2.64. The summed E-state index contributed by atoms with van der Waals surface area (Å²) in [5, 5.41) is 0. The molecule has 0 aliphatic carbocycles. The number of rotatable bonds is 0. The van der Waals surface area contributed by atoms with E-state index in [1.165, 1.54) is 0 Å². The molecule has 0 radical (unpaired) electrons. The van der Waals surface area contributed by atoms with Crippen LogP contribution in [-0.4, -0.2) is 41.4 Å². The van der Waals surface area contributed by atoms with Crippen LogP contribution < -0.4 is 0 Å². The minimum absolute atomic E-state index is 0.0674. The van der Waals surface area contributed by atoms with Crippen molar-refractivity contribution in [2.24, 2.45) is 0 Å². The van der Waals surface area contributed by atoms with Gasteiger partial charge in [0, 0.05) is 12.6 Å². The predicted molar refractivity (Wildman–Crippen MR) is 64.9 cm³/mol. The van der Waals surface area contributed by atoms with Crippen LogP contribution in [0.15, 0.2) is 0 Å². The molecule has 2 aliphatic rings. The molecule has 2 fully saturated rings. The van der Waals surface area contributed by atoms with E-state index in [0.29, 0.717) is 0 Å². The lowest BCUT2D eigenvalue weighted by molar-refractivity contribution is -0.179. The SMILES string of the molecule is C[C@H]1C[C@]2(CCO2)CCN1C(=O)OC(C)(C)C. The van der Waals surface area contributed by atoms with Crippen molar-refractivity contribution in [3.05, 3.63) is 0 Å². The Morgan fingerprint density at radius 2 is 2.06 bits per heavy atom. The molecule has 2 saturated heterocycles. The Kier molecular flexibility index (Phi) is 3.10. The second kappa shape index (κ2) is 4.16. The van der Waals surface area contributed by atoms with Gasteiger partial charge in [-0.05, 0) is 47.0 Å². The molecule has 4 heteroatoms. The number of hydrogen-bond acceptors (Lipinski definition) is 3. The molecular weight excluding hydrogens is 218 g/mol. The highest BCUT2D eigenvalue weighted by molar-refractivity contribution is 5.68. The van der Waals surface area contributed by atoms with Crippen molar-refractivity contribution < 1.29 is 14.3 Å². The summed E-state index contributed by atoms with van der Waals surface area (Å²) >= 11 is 0. The Bertz CT molecular complexity index is 304. The van der Waals surface area contributed by atoms with Gasteiger partial charge in [-0.15, -0.1) is 0 Å². The topological polar surface area (TPSA) is 38.8 Å². The van der Waals surface area contributed by atoms with E-state index in [2.05, 4.69) is 6.92 Å². The molecule has 2 heterocycles. The highest BCUT2D eigenvalue weighted by atomic mass is 16.6. The second-order valence-electron chi connectivity index (χ2n) is 6.26. The number of nitrogens with zero attached hydrogens (tertiary/aromatic N) is 1. The summed E-state index contributed by atoms with van der Waals surface area (Å²) in [6, 6.07) is 0.207. The molecule has 0 aromatic carbocycles. The van der Waals surface area contributed by atoms with Crippen LogP contribution in [0.4, 0.5) is 4.79 Å². The van der Waals surface area contributed by atoms with E-state index >= 15 is 0 Å². The van der Waals surface area contributed by atoms with Gasteiger partial charge in [0.15, 0.2) is 0 Å². The van der Waals surface area contributed by atoms with E-state index in [1.54, 1.807) is 0 Å². The van der Waals surface area contributed by atoms with Crippen LogP contribution in [0.1, 0.15) is 47.0 Å². The molecule has 98 valence electrons. The standard InChI is InChI=1S/C13H23NO3/c1-10-9-13(6-8-16-13)5-7-14(10)11(15)17-12(2,3)4/h10H,5-9H2,1-4H3/t10-,13+/m0/s1. The van der Waals surface area contributed by atoms with Gasteiger partial charge in [-0.2, -0.15) is 0 Å². The number of ether oxygens (including phenoxy) is 2. The van der Waals surface area contributed by atoms with E-state index in [0.717, 1.165) is 32.4 Å². The van der Waals surface area contributed by atoms with Crippen molar-refractivity contribution >= 4 is 6.09 Å². The van der Waals surface area contributed by atoms with Crippen molar-refractivity contribution in [2.45, 2.75) is 64.2 Å². The van der Waals surface area contributed by atoms with Gasteiger partial charge in [0.2, 0.25) is 0 Å². The molecule has 2 rings (SSSR count). The predicted octanol–water partition coefficient (Wildman–Crippen LogP) is 2.56. The minimum Gasteiger partial charge on any atom is -0.444 e. The third kappa shape index (κ3) is 2.73. The van der Waals surface area contributed by atoms with Gasteiger partial charge >= 0.3 is 6.09 Å². The van der Waals surface area contributed by atoms with Gasteiger partial charge in [-0.1, -0.05) is 0 Å². The average Bonchev–Trinajstić information content (AvgIpc) is 2.12. The van der Waals surface area contributed by atoms with Crippen LogP contribution in [-0.2, 0) is 9.47 Å². The lowest BCUT2D eigenvalue weighted by Gasteiger charge is -2.50. The van der Waals surface area contributed by atoms with Crippen LogP contribution in [0.3, 0.4) is 0 Å². The maximum Gasteiger partial charge on any atom is 0.410 e. The highest BCUT2D eigenvalue weighted by Crippen LogP contribution is 2.39. The maximum absolute atomic E-state index is 12.0. The van der Waals surface area contributed by atoms with Gasteiger partial charge in [0.05, 0.1) is 12.2 Å². The first-order chi connectivity index (χ1) is 7.81. The summed E-state index contributed by atoms with van der Waals surface area (Å²) in [4.78, 5) is 13.8. The first kappa shape index (κ1) is 12.7. The summed E-state index contributed by atoms with van der Waals surface area (Å²) in [7, 11) is 0. The van der Waals surface area contributed by atoms with Gasteiger partial charge in [0.25, 0.3) is 0 Å². The fourth-order valence-electron chi connectivity index (χ4n) is 2.64. The Hall–Kier alpha value is -0.770. The Morgan fingerprint density at radius 1 is 1.41 bits per heavy atom. The van der Waals surface area contributed by atoms with E-state index in [9.17, 15) is 4.79 Å². The number of carbonyl (C=O) groups excluding carboxylic acids is 1. The lowest BCUT2D eigenvalue weighted by atomic mass is 9.81. The van der Waals surface area contributed by atoms with Crippen molar-refractivity contribution in [1.29, 1.82) is 0 Å². The third-order valence-corrected chi connectivity index (χ3v) is 3.60.